The first kappa shape index (κ1) is 18.4. The van der Waals surface area contributed by atoms with Gasteiger partial charge < -0.3 is 10.1 Å². The Morgan fingerprint density at radius 1 is 1.31 bits per heavy atom. The van der Waals surface area contributed by atoms with Crippen LogP contribution in [0.3, 0.4) is 0 Å². The summed E-state index contributed by atoms with van der Waals surface area (Å²) in [6, 6.07) is 7.57. The lowest BCUT2D eigenvalue weighted by Gasteiger charge is -2.11. The number of hydrogen-bond acceptors (Lipinski definition) is 6. The van der Waals surface area contributed by atoms with Crippen LogP contribution in [0.5, 0.6) is 0 Å². The van der Waals surface area contributed by atoms with Crippen LogP contribution in [0.4, 0.5) is 0 Å². The summed E-state index contributed by atoms with van der Waals surface area (Å²) < 4.78 is 32.6. The molecule has 0 aliphatic carbocycles. The first-order valence-electron chi connectivity index (χ1n) is 8.25. The standard InChI is InChI=1S/C17H20N4O4S/c22-17(19-9-13-5-7-25-11-13)14-2-1-3-16(8-14)26(23,24)21-10-15-4-6-18-12-20-15/h1-4,6,8,12-13,21H,5,7,9-11H2,(H,19,22)/t13-/m1/s1. The predicted octanol–water partition coefficient (Wildman–Crippen LogP) is 0.721. The zero-order chi connectivity index (χ0) is 18.4. The van der Waals surface area contributed by atoms with Crippen molar-refractivity contribution in [3.8, 4) is 0 Å². The topological polar surface area (TPSA) is 110 Å². The van der Waals surface area contributed by atoms with Gasteiger partial charge >= 0.3 is 0 Å². The second kappa shape index (κ2) is 8.35. The summed E-state index contributed by atoms with van der Waals surface area (Å²) in [5.41, 5.74) is 0.852. The van der Waals surface area contributed by atoms with Crippen molar-refractivity contribution in [2.75, 3.05) is 19.8 Å². The van der Waals surface area contributed by atoms with Crippen molar-refractivity contribution in [3.63, 3.8) is 0 Å². The Balaban J connectivity index is 1.64. The molecule has 3 rings (SSSR count). The monoisotopic (exact) mass is 376 g/mol. The molecule has 1 saturated heterocycles. The highest BCUT2D eigenvalue weighted by atomic mass is 32.2. The molecule has 0 unspecified atom stereocenters. The Morgan fingerprint density at radius 3 is 2.92 bits per heavy atom. The minimum atomic E-state index is -3.76. The SMILES string of the molecule is O=C(NC[C@H]1CCOC1)c1cccc(S(=O)(=O)NCc2ccncn2)c1. The van der Waals surface area contributed by atoms with E-state index < -0.39 is 10.0 Å². The van der Waals surface area contributed by atoms with Gasteiger partial charge in [0.25, 0.3) is 5.91 Å². The van der Waals surface area contributed by atoms with Gasteiger partial charge in [0.05, 0.1) is 23.7 Å². The molecule has 1 amide bonds. The number of ether oxygens (including phenoxy) is 1. The molecule has 9 heteroatoms. The summed E-state index contributed by atoms with van der Waals surface area (Å²) in [7, 11) is -3.76. The van der Waals surface area contributed by atoms with Gasteiger partial charge in [0.1, 0.15) is 6.33 Å². The van der Waals surface area contributed by atoms with Crippen molar-refractivity contribution >= 4 is 15.9 Å². The number of nitrogens with one attached hydrogen (secondary N) is 2. The fourth-order valence-electron chi connectivity index (χ4n) is 2.56. The van der Waals surface area contributed by atoms with Crippen LogP contribution in [0.2, 0.25) is 0 Å². The molecule has 1 aliphatic rings. The number of hydrogen-bond donors (Lipinski definition) is 2. The Morgan fingerprint density at radius 2 is 2.19 bits per heavy atom. The summed E-state index contributed by atoms with van der Waals surface area (Å²) in [6.07, 6.45) is 3.81. The van der Waals surface area contributed by atoms with Crippen LogP contribution in [0, 0.1) is 5.92 Å². The largest absolute Gasteiger partial charge is 0.381 e. The quantitative estimate of drug-likeness (QED) is 0.737. The number of nitrogens with zero attached hydrogens (tertiary/aromatic N) is 2. The van der Waals surface area contributed by atoms with Crippen LogP contribution >= 0.6 is 0 Å². The Labute approximate surface area is 152 Å². The maximum Gasteiger partial charge on any atom is 0.251 e. The van der Waals surface area contributed by atoms with Crippen LogP contribution in [0.1, 0.15) is 22.5 Å². The van der Waals surface area contributed by atoms with Crippen LogP contribution in [-0.4, -0.2) is 44.1 Å². The summed E-state index contributed by atoms with van der Waals surface area (Å²) in [5, 5.41) is 2.83. The molecule has 8 nitrogen and oxygen atoms in total. The molecular weight excluding hydrogens is 356 g/mol. The minimum absolute atomic E-state index is 0.0309. The molecule has 1 fully saturated rings. The van der Waals surface area contributed by atoms with E-state index in [-0.39, 0.29) is 17.3 Å². The van der Waals surface area contributed by atoms with Crippen LogP contribution in [0.25, 0.3) is 0 Å². The summed E-state index contributed by atoms with van der Waals surface area (Å²) in [4.78, 5) is 20.1. The third kappa shape index (κ3) is 4.84. The van der Waals surface area contributed by atoms with Gasteiger partial charge in [-0.3, -0.25) is 4.79 Å². The van der Waals surface area contributed by atoms with Crippen molar-refractivity contribution in [2.45, 2.75) is 17.9 Å². The minimum Gasteiger partial charge on any atom is -0.381 e. The molecule has 2 N–H and O–H groups in total. The van der Waals surface area contributed by atoms with Crippen molar-refractivity contribution < 1.29 is 17.9 Å². The average Bonchev–Trinajstić information content (AvgIpc) is 3.19. The molecule has 1 aromatic carbocycles. The lowest BCUT2D eigenvalue weighted by molar-refractivity contribution is 0.0945. The molecule has 138 valence electrons. The smallest absolute Gasteiger partial charge is 0.251 e. The van der Waals surface area contributed by atoms with Crippen LogP contribution in [-0.2, 0) is 21.3 Å². The molecule has 2 aromatic rings. The number of sulfonamides is 1. The van der Waals surface area contributed by atoms with Gasteiger partial charge in [-0.15, -0.1) is 0 Å². The summed E-state index contributed by atoms with van der Waals surface area (Å²) in [6.45, 7) is 1.92. The lowest BCUT2D eigenvalue weighted by Crippen LogP contribution is -2.30. The predicted molar refractivity (Wildman–Crippen MR) is 93.8 cm³/mol. The molecule has 2 heterocycles. The van der Waals surface area contributed by atoms with Crippen LogP contribution in [0.15, 0.2) is 47.8 Å². The fraction of sp³-hybridized carbons (Fsp3) is 0.353. The van der Waals surface area contributed by atoms with Crippen molar-refractivity contribution in [3.05, 3.63) is 54.1 Å². The third-order valence-corrected chi connectivity index (χ3v) is 5.47. The van der Waals surface area contributed by atoms with E-state index >= 15 is 0 Å². The van der Waals surface area contributed by atoms with E-state index in [9.17, 15) is 13.2 Å². The van der Waals surface area contributed by atoms with E-state index in [1.165, 1.54) is 24.7 Å². The second-order valence-corrected chi connectivity index (χ2v) is 7.76. The molecule has 0 saturated carbocycles. The van der Waals surface area contributed by atoms with Crippen molar-refractivity contribution in [1.82, 2.24) is 20.0 Å². The normalized spacial score (nSPS) is 17.2. The van der Waals surface area contributed by atoms with E-state index in [0.717, 1.165) is 6.42 Å². The van der Waals surface area contributed by atoms with E-state index in [1.54, 1.807) is 18.2 Å². The first-order chi connectivity index (χ1) is 12.5. The number of rotatable bonds is 7. The Bertz CT molecular complexity index is 852. The lowest BCUT2D eigenvalue weighted by atomic mass is 10.1. The molecule has 26 heavy (non-hydrogen) atoms. The number of amides is 1. The number of benzene rings is 1. The number of aromatic nitrogens is 2. The van der Waals surface area contributed by atoms with Gasteiger partial charge in [-0.05, 0) is 30.7 Å². The summed E-state index contributed by atoms with van der Waals surface area (Å²) in [5.74, 6) is 0.00476. The van der Waals surface area contributed by atoms with Gasteiger partial charge in [0.2, 0.25) is 10.0 Å². The highest BCUT2D eigenvalue weighted by Gasteiger charge is 2.19. The number of carbonyl (C=O) groups is 1. The van der Waals surface area contributed by atoms with E-state index in [4.69, 9.17) is 4.74 Å². The summed E-state index contributed by atoms with van der Waals surface area (Å²) >= 11 is 0. The molecule has 0 radical (unpaired) electrons. The Kier molecular flexibility index (Phi) is 5.92. The van der Waals surface area contributed by atoms with E-state index in [0.29, 0.717) is 36.9 Å². The number of carbonyl (C=O) groups excluding carboxylic acids is 1. The molecule has 1 atom stereocenters. The first-order valence-corrected chi connectivity index (χ1v) is 9.73. The van der Waals surface area contributed by atoms with Gasteiger partial charge in [-0.25, -0.2) is 23.1 Å². The molecular formula is C17H20N4O4S. The van der Waals surface area contributed by atoms with Crippen molar-refractivity contribution in [2.24, 2.45) is 5.92 Å². The highest BCUT2D eigenvalue weighted by Crippen LogP contribution is 2.14. The highest BCUT2D eigenvalue weighted by molar-refractivity contribution is 7.89. The van der Waals surface area contributed by atoms with Gasteiger partial charge in [0.15, 0.2) is 0 Å². The maximum absolute atomic E-state index is 12.4. The van der Waals surface area contributed by atoms with Crippen LogP contribution < -0.4 is 10.0 Å². The molecule has 0 bridgehead atoms. The maximum atomic E-state index is 12.4. The zero-order valence-electron chi connectivity index (χ0n) is 14.1. The Hall–Kier alpha value is -2.36. The fourth-order valence-corrected chi connectivity index (χ4v) is 3.61. The van der Waals surface area contributed by atoms with Crippen molar-refractivity contribution in [1.29, 1.82) is 0 Å². The molecule has 1 aromatic heterocycles. The van der Waals surface area contributed by atoms with Gasteiger partial charge in [-0.2, -0.15) is 0 Å². The molecule has 1 aliphatic heterocycles. The van der Waals surface area contributed by atoms with Gasteiger partial charge in [0, 0.05) is 30.8 Å². The zero-order valence-corrected chi connectivity index (χ0v) is 14.9. The third-order valence-electron chi connectivity index (χ3n) is 4.07. The van der Waals surface area contributed by atoms with E-state index in [1.807, 2.05) is 0 Å². The van der Waals surface area contributed by atoms with E-state index in [2.05, 4.69) is 20.0 Å². The average molecular weight is 376 g/mol. The second-order valence-electron chi connectivity index (χ2n) is 5.99. The van der Waals surface area contributed by atoms with Gasteiger partial charge in [-0.1, -0.05) is 6.07 Å². The molecule has 0 spiro atoms.